The number of benzene rings is 3. The van der Waals surface area contributed by atoms with Gasteiger partial charge in [0, 0.05) is 29.3 Å². The van der Waals surface area contributed by atoms with Gasteiger partial charge in [-0.05, 0) is 48.9 Å². The van der Waals surface area contributed by atoms with Gasteiger partial charge in [0.25, 0.3) is 11.8 Å². The molecule has 3 rings (SSSR count). The number of nitrogens with zero attached hydrogens (tertiary/aromatic N) is 1. The molecular weight excluding hydrogens is 444 g/mol. The molecule has 2 amide bonds. The van der Waals surface area contributed by atoms with Crippen LogP contribution in [0.4, 0.5) is 5.69 Å². The Kier molecular flexibility index (Phi) is 7.25. The summed E-state index contributed by atoms with van der Waals surface area (Å²) >= 11 is 3.39. The third-order valence-corrected chi connectivity index (χ3v) is 4.96. The van der Waals surface area contributed by atoms with E-state index in [0.29, 0.717) is 35.7 Å². The van der Waals surface area contributed by atoms with Crippen LogP contribution in [0.1, 0.15) is 33.2 Å². The lowest BCUT2D eigenvalue weighted by molar-refractivity contribution is 0.0784. The van der Waals surface area contributed by atoms with Crippen LogP contribution in [0.3, 0.4) is 0 Å². The summed E-state index contributed by atoms with van der Waals surface area (Å²) in [6.07, 6.45) is 0. The minimum Gasteiger partial charge on any atom is -0.493 e. The smallest absolute Gasteiger partial charge is 0.259 e. The lowest BCUT2D eigenvalue weighted by Crippen LogP contribution is -2.26. The monoisotopic (exact) mass is 466 g/mol. The Hall–Kier alpha value is -3.12. The van der Waals surface area contributed by atoms with Crippen LogP contribution in [-0.2, 0) is 6.54 Å². The van der Waals surface area contributed by atoms with Crippen molar-refractivity contribution in [3.05, 3.63) is 94.0 Å². The van der Waals surface area contributed by atoms with Crippen molar-refractivity contribution in [2.24, 2.45) is 0 Å². The quantitative estimate of drug-likeness (QED) is 0.508. The predicted octanol–water partition coefficient (Wildman–Crippen LogP) is 5.37. The first-order valence-electron chi connectivity index (χ1n) is 9.61. The molecule has 0 heterocycles. The van der Waals surface area contributed by atoms with Crippen LogP contribution in [-0.4, -0.2) is 30.4 Å². The first-order valence-corrected chi connectivity index (χ1v) is 10.4. The molecule has 0 bridgehead atoms. The summed E-state index contributed by atoms with van der Waals surface area (Å²) in [5.74, 6) is 0.0856. The van der Waals surface area contributed by atoms with E-state index in [1.807, 2.05) is 43.3 Å². The summed E-state index contributed by atoms with van der Waals surface area (Å²) in [6, 6.07) is 22.0. The van der Waals surface area contributed by atoms with Crippen molar-refractivity contribution in [1.29, 1.82) is 0 Å². The van der Waals surface area contributed by atoms with E-state index >= 15 is 0 Å². The fourth-order valence-corrected chi connectivity index (χ4v) is 3.40. The molecule has 3 aromatic rings. The van der Waals surface area contributed by atoms with Crippen molar-refractivity contribution in [1.82, 2.24) is 4.90 Å². The van der Waals surface area contributed by atoms with E-state index in [1.165, 1.54) is 0 Å². The molecule has 0 aliphatic heterocycles. The van der Waals surface area contributed by atoms with E-state index in [4.69, 9.17) is 4.74 Å². The first-order chi connectivity index (χ1) is 14.5. The first kappa shape index (κ1) is 21.6. The van der Waals surface area contributed by atoms with Crippen LogP contribution in [0.15, 0.2) is 77.3 Å². The molecule has 0 radical (unpaired) electrons. The van der Waals surface area contributed by atoms with Gasteiger partial charge in [-0.15, -0.1) is 0 Å². The Morgan fingerprint density at radius 1 is 1.00 bits per heavy atom. The maximum Gasteiger partial charge on any atom is 0.259 e. The van der Waals surface area contributed by atoms with Gasteiger partial charge in [-0.1, -0.05) is 52.3 Å². The lowest BCUT2D eigenvalue weighted by atomic mass is 10.1. The molecule has 0 fully saturated rings. The number of ether oxygens (including phenoxy) is 1. The summed E-state index contributed by atoms with van der Waals surface area (Å²) in [5, 5.41) is 2.86. The molecule has 0 aliphatic carbocycles. The molecular formula is C24H23BrN2O3. The number of hydrogen-bond acceptors (Lipinski definition) is 3. The maximum atomic E-state index is 12.8. The van der Waals surface area contributed by atoms with Gasteiger partial charge in [0.05, 0.1) is 12.2 Å². The topological polar surface area (TPSA) is 58.6 Å². The molecule has 6 heteroatoms. The number of amides is 2. The van der Waals surface area contributed by atoms with Gasteiger partial charge in [0.2, 0.25) is 0 Å². The third kappa shape index (κ3) is 5.48. The average molecular weight is 467 g/mol. The highest BCUT2D eigenvalue weighted by molar-refractivity contribution is 9.10. The summed E-state index contributed by atoms with van der Waals surface area (Å²) in [5.41, 5.74) is 2.52. The van der Waals surface area contributed by atoms with Crippen LogP contribution >= 0.6 is 15.9 Å². The van der Waals surface area contributed by atoms with E-state index in [2.05, 4.69) is 21.2 Å². The SMILES string of the molecule is CCOc1ccc(Br)cc1C(=O)Nc1cccc(C(=O)N(C)Cc2ccccc2)c1. The number of carbonyl (C=O) groups is 2. The average Bonchev–Trinajstić information content (AvgIpc) is 2.75. The van der Waals surface area contributed by atoms with E-state index in [9.17, 15) is 9.59 Å². The van der Waals surface area contributed by atoms with Gasteiger partial charge in [0.1, 0.15) is 5.75 Å². The Labute approximate surface area is 184 Å². The normalized spacial score (nSPS) is 10.4. The van der Waals surface area contributed by atoms with E-state index in [1.54, 1.807) is 48.3 Å². The van der Waals surface area contributed by atoms with Crippen LogP contribution in [0.5, 0.6) is 5.75 Å². The largest absolute Gasteiger partial charge is 0.493 e. The Bertz CT molecular complexity index is 1040. The van der Waals surface area contributed by atoms with Gasteiger partial charge in [-0.25, -0.2) is 0 Å². The molecule has 0 aliphatic rings. The number of nitrogens with one attached hydrogen (secondary N) is 1. The van der Waals surface area contributed by atoms with Gasteiger partial charge >= 0.3 is 0 Å². The summed E-state index contributed by atoms with van der Waals surface area (Å²) in [7, 11) is 1.76. The number of anilines is 1. The zero-order valence-electron chi connectivity index (χ0n) is 16.9. The van der Waals surface area contributed by atoms with Crippen molar-refractivity contribution in [2.45, 2.75) is 13.5 Å². The Morgan fingerprint density at radius 2 is 1.77 bits per heavy atom. The molecule has 0 spiro atoms. The van der Waals surface area contributed by atoms with E-state index < -0.39 is 0 Å². The van der Waals surface area contributed by atoms with E-state index in [-0.39, 0.29) is 11.8 Å². The fraction of sp³-hybridized carbons (Fsp3) is 0.167. The minimum atomic E-state index is -0.304. The second kappa shape index (κ2) is 10.1. The number of rotatable bonds is 7. The predicted molar refractivity (Wildman–Crippen MR) is 122 cm³/mol. The standard InChI is InChI=1S/C24H23BrN2O3/c1-3-30-22-13-12-19(25)15-21(22)23(28)26-20-11-7-10-18(14-20)24(29)27(2)16-17-8-5-4-6-9-17/h4-15H,3,16H2,1-2H3,(H,26,28). The molecule has 30 heavy (non-hydrogen) atoms. The van der Waals surface area contributed by atoms with Gasteiger partial charge < -0.3 is 15.0 Å². The van der Waals surface area contributed by atoms with E-state index in [0.717, 1.165) is 10.0 Å². The highest BCUT2D eigenvalue weighted by atomic mass is 79.9. The Balaban J connectivity index is 1.75. The van der Waals surface area contributed by atoms with Crippen LogP contribution in [0.25, 0.3) is 0 Å². The molecule has 0 atom stereocenters. The van der Waals surface area contributed by atoms with Crippen LogP contribution < -0.4 is 10.1 Å². The number of halogens is 1. The molecule has 1 N–H and O–H groups in total. The fourth-order valence-electron chi connectivity index (χ4n) is 3.04. The van der Waals surface area contributed by atoms with Crippen molar-refractivity contribution >= 4 is 33.4 Å². The highest BCUT2D eigenvalue weighted by Gasteiger charge is 2.16. The molecule has 0 saturated heterocycles. The second-order valence-corrected chi connectivity index (χ2v) is 7.67. The minimum absolute atomic E-state index is 0.118. The molecule has 3 aromatic carbocycles. The second-order valence-electron chi connectivity index (χ2n) is 6.76. The number of hydrogen-bond donors (Lipinski definition) is 1. The molecule has 154 valence electrons. The zero-order valence-corrected chi connectivity index (χ0v) is 18.5. The van der Waals surface area contributed by atoms with Gasteiger partial charge in [0.15, 0.2) is 0 Å². The van der Waals surface area contributed by atoms with Crippen molar-refractivity contribution in [3.63, 3.8) is 0 Å². The van der Waals surface area contributed by atoms with Crippen molar-refractivity contribution in [2.75, 3.05) is 19.0 Å². The third-order valence-electron chi connectivity index (χ3n) is 4.46. The summed E-state index contributed by atoms with van der Waals surface area (Å²) in [4.78, 5) is 27.3. The summed E-state index contributed by atoms with van der Waals surface area (Å²) < 4.78 is 6.34. The number of carbonyl (C=O) groups excluding carboxylic acids is 2. The summed E-state index contributed by atoms with van der Waals surface area (Å²) in [6.45, 7) is 2.83. The lowest BCUT2D eigenvalue weighted by Gasteiger charge is -2.18. The zero-order chi connectivity index (χ0) is 21.5. The molecule has 0 saturated carbocycles. The molecule has 0 unspecified atom stereocenters. The van der Waals surface area contributed by atoms with Crippen LogP contribution in [0, 0.1) is 0 Å². The highest BCUT2D eigenvalue weighted by Crippen LogP contribution is 2.25. The Morgan fingerprint density at radius 3 is 2.50 bits per heavy atom. The molecule has 5 nitrogen and oxygen atoms in total. The van der Waals surface area contributed by atoms with Crippen molar-refractivity contribution < 1.29 is 14.3 Å². The van der Waals surface area contributed by atoms with Gasteiger partial charge in [-0.3, -0.25) is 9.59 Å². The van der Waals surface area contributed by atoms with Crippen molar-refractivity contribution in [3.8, 4) is 5.75 Å². The van der Waals surface area contributed by atoms with Crippen LogP contribution in [0.2, 0.25) is 0 Å². The molecule has 0 aromatic heterocycles. The maximum absolute atomic E-state index is 12.8. The van der Waals surface area contributed by atoms with Gasteiger partial charge in [-0.2, -0.15) is 0 Å².